The summed E-state index contributed by atoms with van der Waals surface area (Å²) in [6, 6.07) is 15.4. The van der Waals surface area contributed by atoms with Gasteiger partial charge in [0.25, 0.3) is 5.91 Å². The van der Waals surface area contributed by atoms with E-state index in [4.69, 9.17) is 32.7 Å². The maximum absolute atomic E-state index is 13.6. The predicted octanol–water partition coefficient (Wildman–Crippen LogP) is 8.64. The molecule has 2 aromatic carbocycles. The molecule has 2 unspecified atom stereocenters. The number of hydrogen-bond acceptors (Lipinski definition) is 6. The Kier molecular flexibility index (Phi) is 6.44. The Morgan fingerprint density at radius 3 is 2.54 bits per heavy atom. The van der Waals surface area contributed by atoms with Crippen molar-refractivity contribution in [2.45, 2.75) is 40.0 Å². The van der Waals surface area contributed by atoms with Crippen LogP contribution in [0.25, 0.3) is 17.4 Å². The van der Waals surface area contributed by atoms with Gasteiger partial charge >= 0.3 is 0 Å². The second-order valence-electron chi connectivity index (χ2n) is 11.0. The van der Waals surface area contributed by atoms with E-state index in [1.165, 1.54) is 23.1 Å². The Bertz CT molecular complexity index is 1570. The molecule has 39 heavy (non-hydrogen) atoms. The number of nitrogens with zero attached hydrogens (tertiary/aromatic N) is 3. The molecule has 6 rings (SSSR count). The molecule has 9 heteroatoms. The van der Waals surface area contributed by atoms with Crippen LogP contribution in [0.1, 0.15) is 45.8 Å². The fourth-order valence-electron chi connectivity index (χ4n) is 5.95. The van der Waals surface area contributed by atoms with E-state index >= 15 is 0 Å². The van der Waals surface area contributed by atoms with Crippen molar-refractivity contribution < 1.29 is 14.3 Å². The average molecular weight is 581 g/mol. The van der Waals surface area contributed by atoms with Crippen LogP contribution in [-0.2, 0) is 4.79 Å². The van der Waals surface area contributed by atoms with E-state index in [1.54, 1.807) is 54.6 Å². The van der Waals surface area contributed by atoms with Gasteiger partial charge in [-0.3, -0.25) is 9.69 Å². The molecule has 3 aromatic rings. The van der Waals surface area contributed by atoms with Crippen molar-refractivity contribution in [1.29, 1.82) is 0 Å². The number of amides is 1. The highest BCUT2D eigenvalue weighted by Crippen LogP contribution is 2.64. The molecule has 2 bridgehead atoms. The van der Waals surface area contributed by atoms with Crippen molar-refractivity contribution in [2.24, 2.45) is 27.0 Å². The number of phenolic OH excluding ortho intramolecular Hbond substituents is 1. The van der Waals surface area contributed by atoms with Gasteiger partial charge in [0.1, 0.15) is 17.3 Å². The summed E-state index contributed by atoms with van der Waals surface area (Å²) in [5, 5.41) is 20.5. The number of fused-ring (bicyclic) bond motifs is 2. The van der Waals surface area contributed by atoms with Gasteiger partial charge in [0.05, 0.1) is 20.6 Å². The molecule has 1 aliphatic heterocycles. The van der Waals surface area contributed by atoms with Crippen LogP contribution < -0.4 is 4.90 Å². The third kappa shape index (κ3) is 4.31. The number of furan rings is 1. The lowest BCUT2D eigenvalue weighted by atomic mass is 9.70. The second-order valence-corrected chi connectivity index (χ2v) is 12.8. The molecule has 2 saturated carbocycles. The fraction of sp³-hybridized carbons (Fsp3) is 0.300. The van der Waals surface area contributed by atoms with Crippen LogP contribution in [0.3, 0.4) is 0 Å². The summed E-state index contributed by atoms with van der Waals surface area (Å²) in [4.78, 5) is 15.6. The maximum Gasteiger partial charge on any atom is 0.271 e. The van der Waals surface area contributed by atoms with Gasteiger partial charge in [0, 0.05) is 22.8 Å². The highest BCUT2D eigenvalue weighted by molar-refractivity contribution is 8.19. The van der Waals surface area contributed by atoms with Crippen LogP contribution in [0.15, 0.2) is 74.1 Å². The van der Waals surface area contributed by atoms with Crippen molar-refractivity contribution in [2.75, 3.05) is 4.90 Å². The molecule has 1 amide bonds. The van der Waals surface area contributed by atoms with Crippen molar-refractivity contribution in [3.8, 4) is 17.1 Å². The van der Waals surface area contributed by atoms with Gasteiger partial charge in [-0.1, -0.05) is 50.0 Å². The minimum Gasteiger partial charge on any atom is -0.508 e. The minimum absolute atomic E-state index is 0.00320. The van der Waals surface area contributed by atoms with Crippen molar-refractivity contribution in [3.63, 3.8) is 0 Å². The highest BCUT2D eigenvalue weighted by Gasteiger charge is 2.60. The molecule has 2 aliphatic carbocycles. The van der Waals surface area contributed by atoms with E-state index < -0.39 is 0 Å². The maximum atomic E-state index is 13.6. The summed E-state index contributed by atoms with van der Waals surface area (Å²) in [6.45, 7) is 6.94. The van der Waals surface area contributed by atoms with E-state index in [0.29, 0.717) is 48.8 Å². The zero-order chi connectivity index (χ0) is 27.5. The van der Waals surface area contributed by atoms with Gasteiger partial charge in [-0.15, -0.1) is 5.10 Å². The third-order valence-corrected chi connectivity index (χ3v) is 10.6. The lowest BCUT2D eigenvalue weighted by molar-refractivity contribution is -0.113. The molecule has 3 aliphatic rings. The third-order valence-electron chi connectivity index (χ3n) is 8.80. The normalized spacial score (nSPS) is 27.0. The Hall–Kier alpha value is -3.00. The number of amidine groups is 1. The summed E-state index contributed by atoms with van der Waals surface area (Å²) in [5.41, 5.74) is 2.54. The first-order valence-corrected chi connectivity index (χ1v) is 14.4. The van der Waals surface area contributed by atoms with Crippen LogP contribution in [0, 0.1) is 16.7 Å². The second kappa shape index (κ2) is 9.58. The van der Waals surface area contributed by atoms with Gasteiger partial charge < -0.3 is 9.52 Å². The number of halogens is 2. The zero-order valence-electron chi connectivity index (χ0n) is 21.7. The molecule has 2 heterocycles. The standard InChI is InChI=1S/C30H27Cl2N3O3S/c1-29(2)17-13-14-30(29,3)25(15-17)33-34-28-35(18-7-9-19(36)10-8-18)27(37)24(39-28)16-20-11-12-23(38-20)21-5-4-6-22(31)26(21)32/h4-12,16-17,36H,13-15H2,1-3H3/b24-16-,33-25+,34-28+. The SMILES string of the molecule is CC12CCC(C/C1=N\N=C1\S/C(=C\c3ccc(-c4cccc(Cl)c4Cl)o3)C(=O)N1c1ccc(O)cc1)C2(C)C. The van der Waals surface area contributed by atoms with Crippen LogP contribution >= 0.6 is 35.0 Å². The first-order valence-electron chi connectivity index (χ1n) is 12.8. The average Bonchev–Trinajstić information content (AvgIpc) is 3.60. The monoisotopic (exact) mass is 579 g/mol. The Labute approximate surface area is 241 Å². The summed E-state index contributed by atoms with van der Waals surface area (Å²) in [5.74, 6) is 1.52. The highest BCUT2D eigenvalue weighted by atomic mass is 35.5. The molecule has 200 valence electrons. The summed E-state index contributed by atoms with van der Waals surface area (Å²) < 4.78 is 6.01. The number of phenols is 1. The van der Waals surface area contributed by atoms with Crippen LogP contribution in [0.5, 0.6) is 5.75 Å². The molecule has 1 aromatic heterocycles. The number of rotatable bonds is 4. The molecule has 0 radical (unpaired) electrons. The van der Waals surface area contributed by atoms with Crippen LogP contribution in [0.4, 0.5) is 5.69 Å². The number of carbonyl (C=O) groups excluding carboxylic acids is 1. The predicted molar refractivity (Wildman–Crippen MR) is 159 cm³/mol. The largest absolute Gasteiger partial charge is 0.508 e. The molecule has 1 N–H and O–H groups in total. The molecule has 3 fully saturated rings. The molecule has 2 atom stereocenters. The summed E-state index contributed by atoms with van der Waals surface area (Å²) in [6.07, 6.45) is 4.94. The summed E-state index contributed by atoms with van der Waals surface area (Å²) in [7, 11) is 0. The van der Waals surface area contributed by atoms with E-state index in [2.05, 4.69) is 25.9 Å². The van der Waals surface area contributed by atoms with Crippen molar-refractivity contribution >= 4 is 63.5 Å². The topological polar surface area (TPSA) is 78.4 Å². The number of benzene rings is 2. The quantitative estimate of drug-likeness (QED) is 0.248. The van der Waals surface area contributed by atoms with Gasteiger partial charge in [-0.2, -0.15) is 5.10 Å². The number of aromatic hydroxyl groups is 1. The molecular weight excluding hydrogens is 553 g/mol. The van der Waals surface area contributed by atoms with Gasteiger partial charge in [0.15, 0.2) is 0 Å². The number of thioether (sulfide) groups is 1. The van der Waals surface area contributed by atoms with Crippen molar-refractivity contribution in [3.05, 3.63) is 75.3 Å². The Morgan fingerprint density at radius 1 is 1.08 bits per heavy atom. The van der Waals surface area contributed by atoms with E-state index in [-0.39, 0.29) is 22.5 Å². The fourth-order valence-corrected chi connectivity index (χ4v) is 7.26. The summed E-state index contributed by atoms with van der Waals surface area (Å²) >= 11 is 13.8. The number of anilines is 1. The van der Waals surface area contributed by atoms with Crippen LogP contribution in [-0.4, -0.2) is 21.9 Å². The van der Waals surface area contributed by atoms with Crippen molar-refractivity contribution in [1.82, 2.24) is 0 Å². The molecule has 6 nitrogen and oxygen atoms in total. The molecule has 0 spiro atoms. The Balaban J connectivity index is 1.36. The Morgan fingerprint density at radius 2 is 1.85 bits per heavy atom. The first-order chi connectivity index (χ1) is 18.6. The van der Waals surface area contributed by atoms with Gasteiger partial charge in [-0.25, -0.2) is 0 Å². The van der Waals surface area contributed by atoms with Gasteiger partial charge in [-0.05, 0) is 90.9 Å². The minimum atomic E-state index is -0.247. The molecule has 1 saturated heterocycles. The van der Waals surface area contributed by atoms with Gasteiger partial charge in [0.2, 0.25) is 5.17 Å². The zero-order valence-corrected chi connectivity index (χ0v) is 24.1. The van der Waals surface area contributed by atoms with E-state index in [0.717, 1.165) is 18.6 Å². The molecular formula is C30H27Cl2N3O3S. The number of carbonyl (C=O) groups is 1. The smallest absolute Gasteiger partial charge is 0.271 e. The first kappa shape index (κ1) is 26.2. The number of hydrogen-bond donors (Lipinski definition) is 1. The van der Waals surface area contributed by atoms with Crippen LogP contribution in [0.2, 0.25) is 10.0 Å². The van der Waals surface area contributed by atoms with E-state index in [1.807, 2.05) is 6.07 Å². The lowest BCUT2D eigenvalue weighted by Crippen LogP contribution is -2.32. The lowest BCUT2D eigenvalue weighted by Gasteiger charge is -2.34. The van der Waals surface area contributed by atoms with E-state index in [9.17, 15) is 9.90 Å².